The first kappa shape index (κ1) is 18.9. The fourth-order valence-electron chi connectivity index (χ4n) is 4.44. The van der Waals surface area contributed by atoms with Crippen molar-refractivity contribution in [3.05, 3.63) is 0 Å². The van der Waals surface area contributed by atoms with Gasteiger partial charge in [-0.1, -0.05) is 20.3 Å². The van der Waals surface area contributed by atoms with Crippen molar-refractivity contribution in [2.24, 2.45) is 29.6 Å². The van der Waals surface area contributed by atoms with Crippen LogP contribution in [0.4, 0.5) is 26.3 Å². The summed E-state index contributed by atoms with van der Waals surface area (Å²) in [7, 11) is 0. The van der Waals surface area contributed by atoms with Crippen LogP contribution in [0.15, 0.2) is 0 Å². The second kappa shape index (κ2) is 6.12. The average molecular weight is 346 g/mol. The summed E-state index contributed by atoms with van der Waals surface area (Å²) < 4.78 is 77.0. The molecule has 2 aliphatic carbocycles. The van der Waals surface area contributed by atoms with Crippen LogP contribution in [0.5, 0.6) is 0 Å². The highest BCUT2D eigenvalue weighted by atomic mass is 19.4. The third kappa shape index (κ3) is 3.64. The number of hydrogen-bond acceptors (Lipinski definition) is 1. The number of alkyl halides is 6. The van der Waals surface area contributed by atoms with E-state index < -0.39 is 30.3 Å². The molecular formula is C16H24F6O. The van der Waals surface area contributed by atoms with Gasteiger partial charge in [-0.2, -0.15) is 26.3 Å². The summed E-state index contributed by atoms with van der Waals surface area (Å²) in [6, 6.07) is 0. The molecule has 0 heterocycles. The smallest absolute Gasteiger partial charge is 0.374 e. The van der Waals surface area contributed by atoms with Gasteiger partial charge in [-0.05, 0) is 61.7 Å². The Bertz CT molecular complexity index is 402. The molecule has 5 unspecified atom stereocenters. The topological polar surface area (TPSA) is 20.2 Å². The Hall–Kier alpha value is -0.460. The molecule has 0 aliphatic heterocycles. The molecule has 0 bridgehead atoms. The summed E-state index contributed by atoms with van der Waals surface area (Å²) in [5.74, 6) is 0.854. The van der Waals surface area contributed by atoms with Crippen LogP contribution in [0.1, 0.15) is 52.4 Å². The number of halogens is 6. The van der Waals surface area contributed by atoms with Crippen LogP contribution in [-0.2, 0) is 0 Å². The third-order valence-electron chi connectivity index (χ3n) is 6.09. The third-order valence-corrected chi connectivity index (χ3v) is 6.09. The Balaban J connectivity index is 2.09. The number of fused-ring (bicyclic) bond motifs is 1. The van der Waals surface area contributed by atoms with E-state index in [0.29, 0.717) is 37.0 Å². The Kier molecular flexibility index (Phi) is 5.02. The fourth-order valence-corrected chi connectivity index (χ4v) is 4.44. The first-order valence-corrected chi connectivity index (χ1v) is 8.21. The van der Waals surface area contributed by atoms with Gasteiger partial charge in [-0.15, -0.1) is 0 Å². The molecule has 7 heteroatoms. The van der Waals surface area contributed by atoms with Gasteiger partial charge < -0.3 is 5.11 Å². The van der Waals surface area contributed by atoms with Gasteiger partial charge in [0.25, 0.3) is 5.60 Å². The van der Waals surface area contributed by atoms with Crippen molar-refractivity contribution < 1.29 is 31.4 Å². The van der Waals surface area contributed by atoms with Crippen LogP contribution in [0.25, 0.3) is 0 Å². The lowest BCUT2D eigenvalue weighted by Gasteiger charge is -2.45. The van der Waals surface area contributed by atoms with E-state index in [1.54, 1.807) is 0 Å². The molecule has 136 valence electrons. The zero-order valence-electron chi connectivity index (χ0n) is 13.3. The second-order valence-electron chi connectivity index (χ2n) is 7.69. The van der Waals surface area contributed by atoms with Crippen molar-refractivity contribution in [3.8, 4) is 0 Å². The van der Waals surface area contributed by atoms with E-state index in [9.17, 15) is 31.4 Å². The molecule has 0 saturated heterocycles. The maximum absolute atomic E-state index is 12.8. The molecule has 0 aromatic rings. The zero-order chi connectivity index (χ0) is 17.6. The minimum atomic E-state index is -5.70. The highest BCUT2D eigenvalue weighted by molar-refractivity contribution is 4.97. The normalized spacial score (nSPS) is 36.7. The van der Waals surface area contributed by atoms with E-state index in [1.165, 1.54) is 0 Å². The summed E-state index contributed by atoms with van der Waals surface area (Å²) >= 11 is 0. The molecule has 0 radical (unpaired) electrons. The quantitative estimate of drug-likeness (QED) is 0.670. The van der Waals surface area contributed by atoms with Crippen LogP contribution in [-0.4, -0.2) is 23.1 Å². The van der Waals surface area contributed by atoms with E-state index in [0.717, 1.165) is 12.8 Å². The van der Waals surface area contributed by atoms with Crippen molar-refractivity contribution in [1.29, 1.82) is 0 Å². The molecule has 23 heavy (non-hydrogen) atoms. The summed E-state index contributed by atoms with van der Waals surface area (Å²) in [4.78, 5) is 0. The van der Waals surface area contributed by atoms with Gasteiger partial charge in [0.1, 0.15) is 0 Å². The summed E-state index contributed by atoms with van der Waals surface area (Å²) in [6.07, 6.45) is -9.45. The molecule has 0 amide bonds. The molecule has 0 spiro atoms. The molecule has 0 aromatic heterocycles. The first-order valence-electron chi connectivity index (χ1n) is 8.21. The minimum Gasteiger partial charge on any atom is -0.374 e. The van der Waals surface area contributed by atoms with Crippen LogP contribution < -0.4 is 0 Å². The Morgan fingerprint density at radius 3 is 1.74 bits per heavy atom. The minimum absolute atomic E-state index is 0.186. The van der Waals surface area contributed by atoms with Crippen LogP contribution >= 0.6 is 0 Å². The molecule has 2 saturated carbocycles. The fraction of sp³-hybridized carbons (Fsp3) is 1.00. The van der Waals surface area contributed by atoms with E-state index in [-0.39, 0.29) is 5.92 Å². The molecule has 5 atom stereocenters. The van der Waals surface area contributed by atoms with Gasteiger partial charge in [0.05, 0.1) is 0 Å². The van der Waals surface area contributed by atoms with Crippen molar-refractivity contribution >= 4 is 0 Å². The maximum atomic E-state index is 12.8. The van der Waals surface area contributed by atoms with E-state index in [1.807, 2.05) is 0 Å². The number of aliphatic hydroxyl groups is 1. The zero-order valence-corrected chi connectivity index (χ0v) is 13.3. The lowest BCUT2D eigenvalue weighted by atomic mass is 9.61. The largest absolute Gasteiger partial charge is 0.426 e. The van der Waals surface area contributed by atoms with E-state index in [4.69, 9.17) is 0 Å². The Morgan fingerprint density at radius 2 is 1.26 bits per heavy atom. The van der Waals surface area contributed by atoms with Gasteiger partial charge in [0.2, 0.25) is 0 Å². The standard InChI is InChI=1S/C16H24F6O/c1-9-5-12-4-3-11(7-13(12)6-10(9)2)8-14(23,15(17,18)19)16(20,21)22/h9-13,23H,3-8H2,1-2H3. The van der Waals surface area contributed by atoms with Crippen LogP contribution in [0.3, 0.4) is 0 Å². The molecule has 2 rings (SSSR count). The Morgan fingerprint density at radius 1 is 0.783 bits per heavy atom. The van der Waals surface area contributed by atoms with Gasteiger partial charge in [-0.3, -0.25) is 0 Å². The van der Waals surface area contributed by atoms with Crippen molar-refractivity contribution in [3.63, 3.8) is 0 Å². The van der Waals surface area contributed by atoms with Gasteiger partial charge in [0.15, 0.2) is 0 Å². The van der Waals surface area contributed by atoms with E-state index in [2.05, 4.69) is 13.8 Å². The lowest BCUT2D eigenvalue weighted by molar-refractivity contribution is -0.373. The van der Waals surface area contributed by atoms with Crippen molar-refractivity contribution in [2.45, 2.75) is 70.3 Å². The maximum Gasteiger partial charge on any atom is 0.426 e. The molecule has 1 nitrogen and oxygen atoms in total. The second-order valence-corrected chi connectivity index (χ2v) is 7.69. The lowest BCUT2D eigenvalue weighted by Crippen LogP contribution is -2.58. The van der Waals surface area contributed by atoms with Crippen LogP contribution in [0, 0.1) is 29.6 Å². The summed E-state index contributed by atoms with van der Waals surface area (Å²) in [6.45, 7) is 4.24. The number of rotatable bonds is 2. The van der Waals surface area contributed by atoms with Crippen molar-refractivity contribution in [1.82, 2.24) is 0 Å². The Labute approximate surface area is 132 Å². The predicted octanol–water partition coefficient (Wildman–Crippen LogP) is 5.33. The van der Waals surface area contributed by atoms with Gasteiger partial charge in [-0.25, -0.2) is 0 Å². The molecular weight excluding hydrogens is 322 g/mol. The molecule has 1 N–H and O–H groups in total. The molecule has 0 aromatic carbocycles. The highest BCUT2D eigenvalue weighted by Gasteiger charge is 2.70. The summed E-state index contributed by atoms with van der Waals surface area (Å²) in [5, 5.41) is 9.38. The van der Waals surface area contributed by atoms with Gasteiger partial charge in [0, 0.05) is 0 Å². The highest BCUT2D eigenvalue weighted by Crippen LogP contribution is 2.52. The summed E-state index contributed by atoms with van der Waals surface area (Å²) in [5.41, 5.74) is -4.59. The monoisotopic (exact) mass is 346 g/mol. The van der Waals surface area contributed by atoms with Crippen molar-refractivity contribution in [2.75, 3.05) is 0 Å². The first-order chi connectivity index (χ1) is 10.3. The molecule has 2 aliphatic rings. The number of hydrogen-bond donors (Lipinski definition) is 1. The predicted molar refractivity (Wildman–Crippen MR) is 73.6 cm³/mol. The van der Waals surface area contributed by atoms with Gasteiger partial charge >= 0.3 is 12.4 Å². The molecule has 2 fully saturated rings. The van der Waals surface area contributed by atoms with E-state index >= 15 is 0 Å². The van der Waals surface area contributed by atoms with Crippen LogP contribution in [0.2, 0.25) is 0 Å². The SMILES string of the molecule is CC1CC2CCC(CC(O)(C(F)(F)F)C(F)(F)F)CC2CC1C. The average Bonchev–Trinajstić information content (AvgIpc) is 2.37.